The minimum absolute atomic E-state index is 0.547. The largest absolute Gasteiger partial charge is 0.383 e. The van der Waals surface area contributed by atoms with Crippen molar-refractivity contribution in [3.05, 3.63) is 23.7 Å². The van der Waals surface area contributed by atoms with Crippen LogP contribution in [0.1, 0.15) is 25.4 Å². The summed E-state index contributed by atoms with van der Waals surface area (Å²) in [6, 6.07) is 3.83. The van der Waals surface area contributed by atoms with Gasteiger partial charge in [0.2, 0.25) is 0 Å². The van der Waals surface area contributed by atoms with Crippen LogP contribution in [0.5, 0.6) is 0 Å². The van der Waals surface area contributed by atoms with Gasteiger partial charge in [-0.1, -0.05) is 0 Å². The molecule has 4 heteroatoms. The third kappa shape index (κ3) is 1.48. The summed E-state index contributed by atoms with van der Waals surface area (Å²) in [6.07, 6.45) is 0. The van der Waals surface area contributed by atoms with Gasteiger partial charge < -0.3 is 10.1 Å². The highest BCUT2D eigenvalue weighted by molar-refractivity contribution is 5.70. The molecule has 2 aromatic rings. The number of aromatic amines is 1. The molecule has 2 heterocycles. The predicted molar refractivity (Wildman–Crippen MR) is 53.9 cm³/mol. The Labute approximate surface area is 82.0 Å². The Hall–Kier alpha value is -1.42. The van der Waals surface area contributed by atoms with E-state index < -0.39 is 5.60 Å². The molecule has 0 spiro atoms. The van der Waals surface area contributed by atoms with Gasteiger partial charge in [-0.2, -0.15) is 0 Å². The number of aliphatic hydroxyl groups is 1. The van der Waals surface area contributed by atoms with E-state index in [2.05, 4.69) is 15.0 Å². The molecule has 2 N–H and O–H groups in total. The Morgan fingerprint density at radius 2 is 2.00 bits per heavy atom. The van der Waals surface area contributed by atoms with Gasteiger partial charge in [-0.25, -0.2) is 9.97 Å². The van der Waals surface area contributed by atoms with E-state index in [1.165, 1.54) is 0 Å². The fourth-order valence-electron chi connectivity index (χ4n) is 1.28. The van der Waals surface area contributed by atoms with E-state index in [1.54, 1.807) is 13.8 Å². The van der Waals surface area contributed by atoms with E-state index in [9.17, 15) is 5.11 Å². The van der Waals surface area contributed by atoms with Gasteiger partial charge in [0.25, 0.3) is 0 Å². The number of aryl methyl sites for hydroxylation is 1. The lowest BCUT2D eigenvalue weighted by molar-refractivity contribution is 0.0700. The summed E-state index contributed by atoms with van der Waals surface area (Å²) < 4.78 is 0. The van der Waals surface area contributed by atoms with E-state index in [1.807, 2.05) is 19.1 Å². The minimum atomic E-state index is -0.950. The highest BCUT2D eigenvalue weighted by atomic mass is 16.3. The molecule has 0 bridgehead atoms. The van der Waals surface area contributed by atoms with Crippen LogP contribution < -0.4 is 0 Å². The molecule has 14 heavy (non-hydrogen) atoms. The van der Waals surface area contributed by atoms with Crippen molar-refractivity contribution >= 4 is 11.2 Å². The van der Waals surface area contributed by atoms with E-state index in [4.69, 9.17) is 0 Å². The van der Waals surface area contributed by atoms with Gasteiger partial charge in [0, 0.05) is 5.69 Å². The summed E-state index contributed by atoms with van der Waals surface area (Å²) >= 11 is 0. The summed E-state index contributed by atoms with van der Waals surface area (Å²) in [5.41, 5.74) is 1.48. The molecular weight excluding hydrogens is 178 g/mol. The zero-order valence-electron chi connectivity index (χ0n) is 8.50. The fourth-order valence-corrected chi connectivity index (χ4v) is 1.28. The number of hydrogen-bond acceptors (Lipinski definition) is 3. The molecule has 0 fully saturated rings. The minimum Gasteiger partial charge on any atom is -0.383 e. The second-order valence-corrected chi connectivity index (χ2v) is 3.97. The molecule has 0 atom stereocenters. The Morgan fingerprint density at radius 1 is 1.29 bits per heavy atom. The Kier molecular flexibility index (Phi) is 1.82. The SMILES string of the molecule is Cc1ccc2[nH]c(C(C)(C)O)nc2n1. The van der Waals surface area contributed by atoms with Crippen molar-refractivity contribution in [3.63, 3.8) is 0 Å². The zero-order chi connectivity index (χ0) is 10.3. The van der Waals surface area contributed by atoms with Crippen molar-refractivity contribution in [1.29, 1.82) is 0 Å². The first-order valence-electron chi connectivity index (χ1n) is 4.53. The van der Waals surface area contributed by atoms with Gasteiger partial charge in [-0.05, 0) is 32.9 Å². The number of fused-ring (bicyclic) bond motifs is 1. The number of aromatic nitrogens is 3. The van der Waals surface area contributed by atoms with Crippen molar-refractivity contribution in [1.82, 2.24) is 15.0 Å². The second kappa shape index (κ2) is 2.78. The molecule has 0 aliphatic heterocycles. The van der Waals surface area contributed by atoms with E-state index >= 15 is 0 Å². The van der Waals surface area contributed by atoms with Crippen molar-refractivity contribution in [2.45, 2.75) is 26.4 Å². The van der Waals surface area contributed by atoms with Crippen LogP contribution in [0.25, 0.3) is 11.2 Å². The Bertz CT molecular complexity index is 468. The molecular formula is C10H13N3O. The van der Waals surface area contributed by atoms with E-state index in [-0.39, 0.29) is 0 Å². The number of nitrogens with zero attached hydrogens (tertiary/aromatic N) is 2. The molecule has 0 aliphatic rings. The van der Waals surface area contributed by atoms with Crippen LogP contribution in [0.3, 0.4) is 0 Å². The smallest absolute Gasteiger partial charge is 0.178 e. The number of pyridine rings is 1. The standard InChI is InChI=1S/C10H13N3O/c1-6-4-5-7-8(11-6)13-9(12-7)10(2,3)14/h4-5,14H,1-3H3,(H,11,12,13). The maximum Gasteiger partial charge on any atom is 0.178 e. The average molecular weight is 191 g/mol. The number of imidazole rings is 1. The van der Waals surface area contributed by atoms with Crippen LogP contribution in [0.15, 0.2) is 12.1 Å². The van der Waals surface area contributed by atoms with Gasteiger partial charge >= 0.3 is 0 Å². The molecule has 2 aromatic heterocycles. The lowest BCUT2D eigenvalue weighted by Gasteiger charge is -2.12. The quantitative estimate of drug-likeness (QED) is 0.718. The van der Waals surface area contributed by atoms with Gasteiger partial charge in [-0.15, -0.1) is 0 Å². The Morgan fingerprint density at radius 3 is 2.64 bits per heavy atom. The molecule has 0 saturated carbocycles. The highest BCUT2D eigenvalue weighted by Crippen LogP contribution is 2.19. The first-order valence-corrected chi connectivity index (χ1v) is 4.53. The van der Waals surface area contributed by atoms with E-state index in [0.29, 0.717) is 11.5 Å². The maximum absolute atomic E-state index is 9.74. The summed E-state index contributed by atoms with van der Waals surface area (Å²) in [4.78, 5) is 11.5. The van der Waals surface area contributed by atoms with Gasteiger partial charge in [0.15, 0.2) is 5.65 Å². The summed E-state index contributed by atoms with van der Waals surface area (Å²) in [5.74, 6) is 0.547. The molecule has 0 unspecified atom stereocenters. The molecule has 0 aromatic carbocycles. The number of nitrogens with one attached hydrogen (secondary N) is 1. The van der Waals surface area contributed by atoms with Crippen molar-refractivity contribution in [2.24, 2.45) is 0 Å². The van der Waals surface area contributed by atoms with Gasteiger partial charge in [0.1, 0.15) is 11.4 Å². The summed E-state index contributed by atoms with van der Waals surface area (Å²) in [7, 11) is 0. The van der Waals surface area contributed by atoms with Crippen LogP contribution in [-0.4, -0.2) is 20.1 Å². The van der Waals surface area contributed by atoms with E-state index in [0.717, 1.165) is 11.2 Å². The Balaban J connectivity index is 2.63. The third-order valence-electron chi connectivity index (χ3n) is 2.06. The molecule has 0 saturated heterocycles. The lowest BCUT2D eigenvalue weighted by atomic mass is 10.1. The number of hydrogen-bond donors (Lipinski definition) is 2. The molecule has 2 rings (SSSR count). The maximum atomic E-state index is 9.74. The molecule has 0 radical (unpaired) electrons. The molecule has 4 nitrogen and oxygen atoms in total. The van der Waals surface area contributed by atoms with Crippen LogP contribution in [0.2, 0.25) is 0 Å². The average Bonchev–Trinajstić information content (AvgIpc) is 2.45. The highest BCUT2D eigenvalue weighted by Gasteiger charge is 2.20. The van der Waals surface area contributed by atoms with Crippen LogP contribution in [-0.2, 0) is 5.60 Å². The molecule has 0 aliphatic carbocycles. The van der Waals surface area contributed by atoms with Crippen molar-refractivity contribution < 1.29 is 5.11 Å². The second-order valence-electron chi connectivity index (χ2n) is 3.97. The predicted octanol–water partition coefficient (Wildman–Crippen LogP) is 1.49. The third-order valence-corrected chi connectivity index (χ3v) is 2.06. The van der Waals surface area contributed by atoms with Crippen LogP contribution in [0, 0.1) is 6.92 Å². The lowest BCUT2D eigenvalue weighted by Crippen LogP contribution is -2.17. The van der Waals surface area contributed by atoms with Crippen molar-refractivity contribution in [2.75, 3.05) is 0 Å². The van der Waals surface area contributed by atoms with Crippen molar-refractivity contribution in [3.8, 4) is 0 Å². The topological polar surface area (TPSA) is 61.8 Å². The molecule has 74 valence electrons. The zero-order valence-corrected chi connectivity index (χ0v) is 8.50. The van der Waals surface area contributed by atoms with Gasteiger partial charge in [0.05, 0.1) is 5.52 Å². The normalized spacial score (nSPS) is 12.3. The number of rotatable bonds is 1. The first kappa shape index (κ1) is 9.15. The fraction of sp³-hybridized carbons (Fsp3) is 0.400. The van der Waals surface area contributed by atoms with Crippen LogP contribution in [0.4, 0.5) is 0 Å². The monoisotopic (exact) mass is 191 g/mol. The van der Waals surface area contributed by atoms with Gasteiger partial charge in [-0.3, -0.25) is 0 Å². The molecule has 0 amide bonds. The first-order chi connectivity index (χ1) is 6.47. The van der Waals surface area contributed by atoms with Crippen LogP contribution >= 0.6 is 0 Å². The summed E-state index contributed by atoms with van der Waals surface area (Å²) in [5, 5.41) is 9.74. The summed E-state index contributed by atoms with van der Waals surface area (Å²) in [6.45, 7) is 5.30. The number of H-pyrrole nitrogens is 1.